The van der Waals surface area contributed by atoms with Crippen molar-refractivity contribution >= 4 is 12.4 Å². The van der Waals surface area contributed by atoms with E-state index in [1.54, 1.807) is 0 Å². The van der Waals surface area contributed by atoms with Gasteiger partial charge in [-0.25, -0.2) is 0 Å². The van der Waals surface area contributed by atoms with Crippen molar-refractivity contribution in [1.29, 1.82) is 0 Å². The van der Waals surface area contributed by atoms with Crippen LogP contribution < -0.4 is 0 Å². The molecule has 0 saturated heterocycles. The minimum atomic E-state index is -0.148. The fourth-order valence-electron chi connectivity index (χ4n) is 1.60. The average molecular weight is 163 g/mol. The van der Waals surface area contributed by atoms with Gasteiger partial charge < -0.3 is 0 Å². The highest BCUT2D eigenvalue weighted by molar-refractivity contribution is 5.77. The first kappa shape index (κ1) is 7.48. The second-order valence-electron chi connectivity index (χ2n) is 3.37. The zero-order valence-corrected chi connectivity index (χ0v) is 7.32. The van der Waals surface area contributed by atoms with Gasteiger partial charge in [-0.1, -0.05) is 0 Å². The van der Waals surface area contributed by atoms with Crippen LogP contribution in [0.3, 0.4) is 0 Å². The van der Waals surface area contributed by atoms with Gasteiger partial charge in [0.05, 0.1) is 13.3 Å². The van der Waals surface area contributed by atoms with Crippen LogP contribution in [-0.4, -0.2) is 35.8 Å². The Kier molecular flexibility index (Phi) is 1.69. The van der Waals surface area contributed by atoms with E-state index in [2.05, 4.69) is 33.6 Å². The maximum Gasteiger partial charge on any atom is 0.477 e. The summed E-state index contributed by atoms with van der Waals surface area (Å²) in [5.41, 5.74) is -0.148. The first-order chi connectivity index (χ1) is 5.81. The molecule has 0 aromatic carbocycles. The highest BCUT2D eigenvalue weighted by Crippen LogP contribution is 2.17. The van der Waals surface area contributed by atoms with Gasteiger partial charge in [-0.05, 0) is 4.85 Å². The minimum Gasteiger partial charge on any atom is -0.280 e. The van der Waals surface area contributed by atoms with E-state index < -0.39 is 0 Å². The molecule has 0 N–H and O–H groups in total. The molecular formula is C9H13N3+2. The van der Waals surface area contributed by atoms with E-state index in [-0.39, 0.29) is 5.66 Å². The van der Waals surface area contributed by atoms with Gasteiger partial charge in [-0.2, -0.15) is 4.58 Å². The van der Waals surface area contributed by atoms with E-state index in [0.29, 0.717) is 0 Å². The molecule has 0 amide bonds. The molecule has 2 aliphatic rings. The molecule has 2 aliphatic heterocycles. The molecule has 1 atom stereocenters. The Labute approximate surface area is 72.3 Å². The molecule has 2 heterocycles. The Morgan fingerprint density at radius 1 is 1.67 bits per heavy atom. The van der Waals surface area contributed by atoms with Gasteiger partial charge in [0.25, 0.3) is 6.07 Å². The van der Waals surface area contributed by atoms with Crippen LogP contribution in [-0.2, 0) is 0 Å². The first-order valence-corrected chi connectivity index (χ1v) is 4.34. The van der Waals surface area contributed by atoms with Gasteiger partial charge in [0.1, 0.15) is 6.42 Å². The highest BCUT2D eigenvalue weighted by Gasteiger charge is 2.48. The molecule has 0 saturated carbocycles. The fourth-order valence-corrected chi connectivity index (χ4v) is 1.60. The van der Waals surface area contributed by atoms with Gasteiger partial charge in [-0.15, -0.1) is 0 Å². The summed E-state index contributed by atoms with van der Waals surface area (Å²) in [6, 6.07) is 3.04. The van der Waals surface area contributed by atoms with Crippen LogP contribution in [0, 0.1) is 6.07 Å². The third kappa shape index (κ3) is 1.14. The van der Waals surface area contributed by atoms with Gasteiger partial charge in [0.2, 0.25) is 0 Å². The Hall–Kier alpha value is -1.17. The van der Waals surface area contributed by atoms with Crippen molar-refractivity contribution in [1.82, 2.24) is 0 Å². The molecular weight excluding hydrogens is 150 g/mol. The van der Waals surface area contributed by atoms with Gasteiger partial charge in [-0.3, -0.25) is 4.99 Å². The molecule has 12 heavy (non-hydrogen) atoms. The smallest absolute Gasteiger partial charge is 0.280 e. The van der Waals surface area contributed by atoms with Crippen LogP contribution in [0.2, 0.25) is 0 Å². The molecule has 0 aromatic rings. The standard InChI is InChI=1S/C9H13N3/c1-9-8-10-4-2-6-12(9)7-3-5-11-9/h4,6H,2-3,7-8H2,1H3/q+2/t9-/m0/s1. The van der Waals surface area contributed by atoms with Crippen molar-refractivity contribution in [3.05, 3.63) is 4.85 Å². The summed E-state index contributed by atoms with van der Waals surface area (Å²) in [5, 5.41) is 0. The van der Waals surface area contributed by atoms with Crippen molar-refractivity contribution in [2.75, 3.05) is 13.1 Å². The Morgan fingerprint density at radius 2 is 2.58 bits per heavy atom. The zero-order valence-electron chi connectivity index (χ0n) is 7.32. The number of aliphatic imine (C=N–C) groups is 1. The van der Waals surface area contributed by atoms with E-state index in [0.717, 1.165) is 25.9 Å². The highest BCUT2D eigenvalue weighted by atomic mass is 15.2. The van der Waals surface area contributed by atoms with Crippen LogP contribution in [0.5, 0.6) is 0 Å². The van der Waals surface area contributed by atoms with Crippen LogP contribution in [0.15, 0.2) is 4.99 Å². The number of rotatable bonds is 0. The van der Waals surface area contributed by atoms with Gasteiger partial charge in [0, 0.05) is 6.21 Å². The summed E-state index contributed by atoms with van der Waals surface area (Å²) < 4.78 is 2.27. The quantitative estimate of drug-likeness (QED) is 0.475. The molecule has 62 valence electrons. The minimum absolute atomic E-state index is 0.148. The van der Waals surface area contributed by atoms with Crippen LogP contribution in [0.4, 0.5) is 0 Å². The van der Waals surface area contributed by atoms with Crippen LogP contribution in [0.25, 0.3) is 4.85 Å². The van der Waals surface area contributed by atoms with E-state index in [1.165, 1.54) is 0 Å². The SMILES string of the molecule is C[C@@]12CN=CCC=[N+]1CCC#[N+]2. The van der Waals surface area contributed by atoms with Crippen molar-refractivity contribution in [2.24, 2.45) is 4.99 Å². The third-order valence-corrected chi connectivity index (χ3v) is 2.35. The van der Waals surface area contributed by atoms with Crippen molar-refractivity contribution in [3.8, 4) is 6.07 Å². The number of hydrogen-bond donors (Lipinski definition) is 0. The Morgan fingerprint density at radius 3 is 3.50 bits per heavy atom. The summed E-state index contributed by atoms with van der Waals surface area (Å²) in [7, 11) is 0. The molecule has 0 aromatic heterocycles. The van der Waals surface area contributed by atoms with Crippen molar-refractivity contribution in [3.63, 3.8) is 0 Å². The lowest BCUT2D eigenvalue weighted by Crippen LogP contribution is -2.41. The van der Waals surface area contributed by atoms with Crippen LogP contribution in [0.1, 0.15) is 19.8 Å². The topological polar surface area (TPSA) is 19.7 Å². The summed E-state index contributed by atoms with van der Waals surface area (Å²) in [6.07, 6.45) is 6.01. The molecule has 3 heteroatoms. The molecule has 0 aliphatic carbocycles. The Bertz CT molecular complexity index is 305. The number of fused-ring (bicyclic) bond motifs is 1. The lowest BCUT2D eigenvalue weighted by Gasteiger charge is -2.09. The largest absolute Gasteiger partial charge is 0.477 e. The van der Waals surface area contributed by atoms with E-state index in [9.17, 15) is 0 Å². The molecule has 0 bridgehead atoms. The third-order valence-electron chi connectivity index (χ3n) is 2.35. The van der Waals surface area contributed by atoms with E-state index in [4.69, 9.17) is 0 Å². The van der Waals surface area contributed by atoms with Gasteiger partial charge in [0.15, 0.2) is 19.3 Å². The van der Waals surface area contributed by atoms with E-state index >= 15 is 0 Å². The summed E-state index contributed by atoms with van der Waals surface area (Å²) >= 11 is 0. The van der Waals surface area contributed by atoms with Crippen LogP contribution >= 0.6 is 0 Å². The number of nitrogens with zero attached hydrogens (tertiary/aromatic N) is 3. The average Bonchev–Trinajstić information content (AvgIpc) is 2.25. The first-order valence-electron chi connectivity index (χ1n) is 4.34. The lowest BCUT2D eigenvalue weighted by molar-refractivity contribution is -0.587. The molecule has 0 unspecified atom stereocenters. The normalized spacial score (nSPS) is 32.6. The molecule has 2 rings (SSSR count). The Balaban J connectivity index is 2.39. The summed E-state index contributed by atoms with van der Waals surface area (Å²) in [4.78, 5) is 8.67. The molecule has 0 spiro atoms. The summed E-state index contributed by atoms with van der Waals surface area (Å²) in [6.45, 7) is 3.90. The predicted octanol–water partition coefficient (Wildman–Crippen LogP) is 0.997. The maximum absolute atomic E-state index is 4.37. The molecule has 3 nitrogen and oxygen atoms in total. The lowest BCUT2D eigenvalue weighted by atomic mass is 10.1. The second kappa shape index (κ2) is 2.71. The van der Waals surface area contributed by atoms with Gasteiger partial charge >= 0.3 is 5.66 Å². The van der Waals surface area contributed by atoms with Crippen molar-refractivity contribution < 1.29 is 4.58 Å². The number of hydrogen-bond acceptors (Lipinski definition) is 1. The molecule has 0 fully saturated rings. The second-order valence-corrected chi connectivity index (χ2v) is 3.37. The maximum atomic E-state index is 4.37. The monoisotopic (exact) mass is 163 g/mol. The fraction of sp³-hybridized carbons (Fsp3) is 0.667. The zero-order chi connectivity index (χ0) is 8.44. The van der Waals surface area contributed by atoms with Crippen molar-refractivity contribution in [2.45, 2.75) is 25.4 Å². The summed E-state index contributed by atoms with van der Waals surface area (Å²) in [5.74, 6) is 0. The predicted molar refractivity (Wildman–Crippen MR) is 49.4 cm³/mol. The van der Waals surface area contributed by atoms with E-state index in [1.807, 2.05) is 6.21 Å². The molecule has 0 radical (unpaired) electrons.